The highest BCUT2D eigenvalue weighted by molar-refractivity contribution is 5.88. The summed E-state index contributed by atoms with van der Waals surface area (Å²) >= 11 is 0. The number of nitrogens with zero attached hydrogens (tertiary/aromatic N) is 3. The predicted molar refractivity (Wildman–Crippen MR) is 113 cm³/mol. The second-order valence-electron chi connectivity index (χ2n) is 6.86. The van der Waals surface area contributed by atoms with Crippen LogP contribution in [0.25, 0.3) is 11.4 Å². The normalized spacial score (nSPS) is 11.2. The van der Waals surface area contributed by atoms with Crippen LogP contribution in [0.4, 0.5) is 24.7 Å². The summed E-state index contributed by atoms with van der Waals surface area (Å²) in [4.78, 5) is 21.5. The Morgan fingerprint density at radius 2 is 1.74 bits per heavy atom. The van der Waals surface area contributed by atoms with E-state index in [-0.39, 0.29) is 23.5 Å². The monoisotopic (exact) mass is 427 g/mol. The third-order valence-corrected chi connectivity index (χ3v) is 4.64. The van der Waals surface area contributed by atoms with Crippen LogP contribution >= 0.6 is 0 Å². The van der Waals surface area contributed by atoms with Crippen LogP contribution in [0, 0.1) is 0 Å². The Hall–Kier alpha value is -3.68. The molecule has 1 N–H and O–H groups in total. The number of aromatic carboxylic acids is 1. The van der Waals surface area contributed by atoms with Crippen molar-refractivity contribution in [1.29, 1.82) is 0 Å². The van der Waals surface area contributed by atoms with E-state index in [4.69, 9.17) is 5.11 Å². The maximum absolute atomic E-state index is 13.3. The second-order valence-corrected chi connectivity index (χ2v) is 6.86. The Balaban J connectivity index is 2.18. The molecule has 160 valence electrons. The lowest BCUT2D eigenvalue weighted by molar-refractivity contribution is -0.127. The fraction of sp³-hybridized carbons (Fsp3) is 0.174. The Bertz CT molecular complexity index is 1080. The number of carboxylic acid groups (broad SMARTS) is 1. The van der Waals surface area contributed by atoms with Gasteiger partial charge in [0.1, 0.15) is 5.82 Å². The van der Waals surface area contributed by atoms with Crippen LogP contribution in [0.3, 0.4) is 0 Å². The van der Waals surface area contributed by atoms with Gasteiger partial charge in [0.15, 0.2) is 5.82 Å². The van der Waals surface area contributed by atoms with Crippen LogP contribution in [0.2, 0.25) is 0 Å². The lowest BCUT2D eigenvalue weighted by atomic mass is 10.1. The smallest absolute Gasteiger partial charge is 0.394 e. The molecule has 8 heteroatoms. The summed E-state index contributed by atoms with van der Waals surface area (Å²) in [6, 6.07) is 14.8. The van der Waals surface area contributed by atoms with E-state index in [2.05, 4.69) is 16.5 Å². The molecular weight excluding hydrogens is 407 g/mol. The van der Waals surface area contributed by atoms with Crippen molar-refractivity contribution in [2.45, 2.75) is 19.0 Å². The van der Waals surface area contributed by atoms with E-state index in [1.165, 1.54) is 18.2 Å². The largest absolute Gasteiger partial charge is 0.478 e. The summed E-state index contributed by atoms with van der Waals surface area (Å²) in [5.74, 6) is -0.588. The van der Waals surface area contributed by atoms with Crippen molar-refractivity contribution in [3.63, 3.8) is 0 Å². The first-order chi connectivity index (χ1) is 14.7. The summed E-state index contributed by atoms with van der Waals surface area (Å²) in [7, 11) is 1.66. The highest BCUT2D eigenvalue weighted by Gasteiger charge is 2.31. The minimum Gasteiger partial charge on any atom is -0.478 e. The Morgan fingerprint density at radius 3 is 2.29 bits per heavy atom. The molecule has 0 radical (unpaired) electrons. The molecule has 5 nitrogen and oxygen atoms in total. The lowest BCUT2D eigenvalue weighted by Crippen LogP contribution is -2.20. The minimum atomic E-state index is -4.45. The zero-order valence-electron chi connectivity index (χ0n) is 16.7. The molecule has 0 aliphatic rings. The fourth-order valence-corrected chi connectivity index (χ4v) is 3.15. The van der Waals surface area contributed by atoms with Crippen LogP contribution in [-0.2, 0) is 12.8 Å². The number of aromatic nitrogens is 2. The van der Waals surface area contributed by atoms with Crippen molar-refractivity contribution in [2.75, 3.05) is 11.9 Å². The number of hydrogen-bond donors (Lipinski definition) is 1. The molecule has 0 atom stereocenters. The van der Waals surface area contributed by atoms with E-state index < -0.39 is 18.6 Å². The molecule has 3 aromatic rings. The second kappa shape index (κ2) is 8.99. The Kier molecular flexibility index (Phi) is 6.39. The van der Waals surface area contributed by atoms with E-state index in [1.54, 1.807) is 54.4 Å². The van der Waals surface area contributed by atoms with Crippen LogP contribution in [0.15, 0.2) is 67.3 Å². The van der Waals surface area contributed by atoms with Gasteiger partial charge in [-0.25, -0.2) is 14.8 Å². The molecule has 1 aromatic heterocycles. The van der Waals surface area contributed by atoms with Gasteiger partial charge >= 0.3 is 12.1 Å². The van der Waals surface area contributed by atoms with Crippen molar-refractivity contribution in [3.05, 3.63) is 84.1 Å². The number of rotatable bonds is 7. The molecule has 0 unspecified atom stereocenters. The van der Waals surface area contributed by atoms with Crippen molar-refractivity contribution in [3.8, 4) is 11.4 Å². The molecule has 31 heavy (non-hydrogen) atoms. The third-order valence-electron chi connectivity index (χ3n) is 4.64. The Labute approximate surface area is 177 Å². The number of carboxylic acids is 1. The first-order valence-corrected chi connectivity index (χ1v) is 9.39. The summed E-state index contributed by atoms with van der Waals surface area (Å²) in [5, 5.41) is 9.10. The maximum Gasteiger partial charge on any atom is 0.394 e. The zero-order valence-corrected chi connectivity index (χ0v) is 16.7. The highest BCUT2D eigenvalue weighted by Crippen LogP contribution is 2.33. The van der Waals surface area contributed by atoms with Crippen molar-refractivity contribution < 1.29 is 23.1 Å². The first-order valence-electron chi connectivity index (χ1n) is 9.39. The van der Waals surface area contributed by atoms with E-state index in [0.717, 1.165) is 0 Å². The number of carbonyl (C=O) groups is 1. The summed E-state index contributed by atoms with van der Waals surface area (Å²) < 4.78 is 39.9. The molecule has 1 heterocycles. The molecule has 0 bridgehead atoms. The van der Waals surface area contributed by atoms with Gasteiger partial charge in [0, 0.05) is 23.9 Å². The summed E-state index contributed by atoms with van der Waals surface area (Å²) in [6.07, 6.45) is -3.99. The average molecular weight is 427 g/mol. The Morgan fingerprint density at radius 1 is 1.10 bits per heavy atom. The van der Waals surface area contributed by atoms with Gasteiger partial charge in [-0.15, -0.1) is 6.58 Å². The molecule has 0 fully saturated rings. The summed E-state index contributed by atoms with van der Waals surface area (Å²) in [6.45, 7) is 3.66. The number of anilines is 2. The first kappa shape index (κ1) is 22.0. The van der Waals surface area contributed by atoms with Gasteiger partial charge in [-0.1, -0.05) is 36.4 Å². The van der Waals surface area contributed by atoms with Gasteiger partial charge < -0.3 is 10.0 Å². The van der Waals surface area contributed by atoms with Gasteiger partial charge in [-0.05, 0) is 30.7 Å². The van der Waals surface area contributed by atoms with E-state index in [9.17, 15) is 18.0 Å². The van der Waals surface area contributed by atoms with Crippen LogP contribution in [0.1, 0.15) is 21.6 Å². The van der Waals surface area contributed by atoms with Gasteiger partial charge in [-0.3, -0.25) is 0 Å². The molecule has 2 aromatic carbocycles. The van der Waals surface area contributed by atoms with Gasteiger partial charge in [0.05, 0.1) is 17.7 Å². The number of halogens is 3. The molecule has 3 rings (SSSR count). The number of hydrogen-bond acceptors (Lipinski definition) is 4. The fourth-order valence-electron chi connectivity index (χ4n) is 3.15. The van der Waals surface area contributed by atoms with E-state index >= 15 is 0 Å². The molecule has 0 aliphatic carbocycles. The SMILES string of the molecule is C=CCc1c(CC(F)(F)F)nc(-c2ccccc2)nc1N(C)c1ccc(C(=O)O)cc1. The zero-order chi connectivity index (χ0) is 22.6. The number of benzene rings is 2. The lowest BCUT2D eigenvalue weighted by Gasteiger charge is -2.24. The highest BCUT2D eigenvalue weighted by atomic mass is 19.4. The van der Waals surface area contributed by atoms with Gasteiger partial charge in [0.2, 0.25) is 0 Å². The average Bonchev–Trinajstić information content (AvgIpc) is 2.74. The van der Waals surface area contributed by atoms with Gasteiger partial charge in [0.25, 0.3) is 0 Å². The number of allylic oxidation sites excluding steroid dienone is 1. The van der Waals surface area contributed by atoms with Crippen molar-refractivity contribution in [1.82, 2.24) is 9.97 Å². The maximum atomic E-state index is 13.3. The van der Waals surface area contributed by atoms with Crippen LogP contribution in [-0.4, -0.2) is 34.3 Å². The minimum absolute atomic E-state index is 0.105. The van der Waals surface area contributed by atoms with Crippen LogP contribution in [0.5, 0.6) is 0 Å². The molecule has 0 amide bonds. The standard InChI is InChI=1S/C23H20F3N3O2/c1-3-7-18-19(14-23(24,25)26)27-20(15-8-5-4-6-9-15)28-21(18)29(2)17-12-10-16(11-13-17)22(30)31/h3-6,8-13H,1,7,14H2,2H3,(H,30,31). The molecule has 0 aliphatic heterocycles. The third kappa shape index (κ3) is 5.28. The number of alkyl halides is 3. The predicted octanol–water partition coefficient (Wildman–Crippen LogP) is 5.44. The van der Waals surface area contributed by atoms with Crippen molar-refractivity contribution in [2.24, 2.45) is 0 Å². The van der Waals surface area contributed by atoms with Crippen LogP contribution < -0.4 is 4.90 Å². The summed E-state index contributed by atoms with van der Waals surface area (Å²) in [5.41, 5.74) is 1.47. The van der Waals surface area contributed by atoms with E-state index in [1.807, 2.05) is 0 Å². The quantitative estimate of drug-likeness (QED) is 0.509. The topological polar surface area (TPSA) is 66.3 Å². The molecule has 0 saturated heterocycles. The molecule has 0 saturated carbocycles. The molecule has 0 spiro atoms. The van der Waals surface area contributed by atoms with Gasteiger partial charge in [-0.2, -0.15) is 13.2 Å². The van der Waals surface area contributed by atoms with Crippen molar-refractivity contribution >= 4 is 17.5 Å². The van der Waals surface area contributed by atoms with E-state index in [0.29, 0.717) is 22.6 Å². The molecular formula is C23H20F3N3O2.